The van der Waals surface area contributed by atoms with Crippen LogP contribution in [0.4, 0.5) is 5.82 Å². The Morgan fingerprint density at radius 1 is 1.46 bits per heavy atom. The van der Waals surface area contributed by atoms with Crippen LogP contribution in [-0.2, 0) is 9.47 Å². The number of carbonyl (C=O) groups is 1. The van der Waals surface area contributed by atoms with Crippen LogP contribution in [0.1, 0.15) is 16.9 Å². The number of pyridine rings is 1. The topological polar surface area (TPSA) is 92.4 Å². The van der Waals surface area contributed by atoms with Crippen LogP contribution in [0, 0.1) is 5.92 Å². The van der Waals surface area contributed by atoms with Crippen LogP contribution in [0.5, 0.6) is 0 Å². The Bertz CT molecular complexity index is 724. The van der Waals surface area contributed by atoms with Gasteiger partial charge in [0.15, 0.2) is 0 Å². The zero-order valence-corrected chi connectivity index (χ0v) is 14.6. The molecule has 2 aromatic heterocycles. The summed E-state index contributed by atoms with van der Waals surface area (Å²) in [4.78, 5) is 25.6. The first-order valence-corrected chi connectivity index (χ1v) is 8.88. The lowest BCUT2D eigenvalue weighted by Crippen LogP contribution is -2.46. The Morgan fingerprint density at radius 2 is 2.42 bits per heavy atom. The smallest absolute Gasteiger partial charge is 0.272 e. The molecule has 1 spiro atoms. The number of hydrogen-bond acceptors (Lipinski definition) is 6. The van der Waals surface area contributed by atoms with Gasteiger partial charge in [0, 0.05) is 25.2 Å². The number of ether oxygens (including phenoxy) is 2. The van der Waals surface area contributed by atoms with E-state index in [-0.39, 0.29) is 5.91 Å². The van der Waals surface area contributed by atoms with Crippen LogP contribution in [0.2, 0.25) is 0 Å². The molecule has 2 atom stereocenters. The molecule has 0 radical (unpaired) electrons. The molecule has 2 N–H and O–H groups in total. The number of nitrogens with one attached hydrogen (secondary N) is 2. The Labute approximate surface area is 151 Å². The molecule has 4 heterocycles. The first-order chi connectivity index (χ1) is 12.7. The van der Waals surface area contributed by atoms with Gasteiger partial charge in [-0.1, -0.05) is 6.07 Å². The molecule has 8 heteroatoms. The van der Waals surface area contributed by atoms with Crippen molar-refractivity contribution in [3.05, 3.63) is 42.6 Å². The number of imidazole rings is 1. The summed E-state index contributed by atoms with van der Waals surface area (Å²) in [5, 5.41) is 3.35. The average molecular weight is 357 g/mol. The molecule has 2 fully saturated rings. The number of aromatic amines is 1. The van der Waals surface area contributed by atoms with Gasteiger partial charge in [-0.05, 0) is 18.6 Å². The lowest BCUT2D eigenvalue weighted by molar-refractivity contribution is -0.0538. The summed E-state index contributed by atoms with van der Waals surface area (Å²) in [5.41, 5.74) is 0.0521. The Kier molecular flexibility index (Phi) is 4.85. The number of H-pyrrole nitrogens is 1. The molecular formula is C18H23N5O3. The SMILES string of the molecule is O=C(c1cnc[nH]1)N1CCOC[C@]2(C[C@H](CNc3ccccn3)CO2)C1. The summed E-state index contributed by atoms with van der Waals surface area (Å²) >= 11 is 0. The molecule has 0 bridgehead atoms. The van der Waals surface area contributed by atoms with Crippen molar-refractivity contribution in [3.63, 3.8) is 0 Å². The molecule has 2 aliphatic heterocycles. The lowest BCUT2D eigenvalue weighted by atomic mass is 9.94. The number of aromatic nitrogens is 3. The van der Waals surface area contributed by atoms with Gasteiger partial charge in [0.25, 0.3) is 5.91 Å². The fraction of sp³-hybridized carbons (Fsp3) is 0.500. The molecule has 0 saturated carbocycles. The second kappa shape index (κ2) is 7.43. The summed E-state index contributed by atoms with van der Waals surface area (Å²) in [5.74, 6) is 1.15. The molecule has 0 unspecified atom stereocenters. The minimum absolute atomic E-state index is 0.0639. The Hall–Kier alpha value is -2.45. The molecule has 1 amide bonds. The average Bonchev–Trinajstić information content (AvgIpc) is 3.29. The van der Waals surface area contributed by atoms with E-state index >= 15 is 0 Å². The monoisotopic (exact) mass is 357 g/mol. The fourth-order valence-electron chi connectivity index (χ4n) is 3.62. The maximum Gasteiger partial charge on any atom is 0.272 e. The van der Waals surface area contributed by atoms with E-state index < -0.39 is 5.60 Å². The number of hydrogen-bond donors (Lipinski definition) is 2. The van der Waals surface area contributed by atoms with Gasteiger partial charge in [-0.2, -0.15) is 0 Å². The van der Waals surface area contributed by atoms with E-state index in [0.717, 1.165) is 18.8 Å². The van der Waals surface area contributed by atoms with E-state index in [1.165, 1.54) is 6.33 Å². The molecular weight excluding hydrogens is 334 g/mol. The van der Waals surface area contributed by atoms with Gasteiger partial charge in [-0.3, -0.25) is 4.79 Å². The third kappa shape index (κ3) is 3.71. The van der Waals surface area contributed by atoms with E-state index in [2.05, 4.69) is 20.3 Å². The minimum atomic E-state index is -0.442. The third-order valence-electron chi connectivity index (χ3n) is 4.89. The Balaban J connectivity index is 1.38. The standard InChI is InChI=1S/C18H23N5O3/c24-17(15-9-19-13-22-15)23-5-6-25-12-18(11-23)7-14(10-26-18)8-21-16-3-1-2-4-20-16/h1-4,9,13-14H,5-8,10-12H2,(H,19,22)(H,20,21)/t14-,18+/m1/s1. The van der Waals surface area contributed by atoms with Crippen molar-refractivity contribution < 1.29 is 14.3 Å². The number of carbonyl (C=O) groups excluding carboxylic acids is 1. The first-order valence-electron chi connectivity index (χ1n) is 8.88. The quantitative estimate of drug-likeness (QED) is 0.853. The molecule has 138 valence electrons. The second-order valence-corrected chi connectivity index (χ2v) is 6.90. The molecule has 8 nitrogen and oxygen atoms in total. The summed E-state index contributed by atoms with van der Waals surface area (Å²) in [7, 11) is 0. The molecule has 2 aliphatic rings. The van der Waals surface area contributed by atoms with Crippen LogP contribution < -0.4 is 5.32 Å². The number of amides is 1. The van der Waals surface area contributed by atoms with E-state index in [0.29, 0.717) is 44.5 Å². The van der Waals surface area contributed by atoms with Gasteiger partial charge in [-0.15, -0.1) is 0 Å². The summed E-state index contributed by atoms with van der Waals surface area (Å²) in [6.45, 7) is 3.55. The van der Waals surface area contributed by atoms with Crippen LogP contribution in [-0.4, -0.2) is 70.8 Å². The van der Waals surface area contributed by atoms with E-state index in [4.69, 9.17) is 9.47 Å². The number of rotatable bonds is 4. The Morgan fingerprint density at radius 3 is 3.23 bits per heavy atom. The van der Waals surface area contributed by atoms with Gasteiger partial charge in [0.2, 0.25) is 0 Å². The predicted octanol–water partition coefficient (Wildman–Crippen LogP) is 1.16. The normalized spacial score (nSPS) is 26.0. The van der Waals surface area contributed by atoms with Crippen molar-refractivity contribution in [2.75, 3.05) is 44.8 Å². The molecule has 0 aromatic carbocycles. The second-order valence-electron chi connectivity index (χ2n) is 6.90. The third-order valence-corrected chi connectivity index (χ3v) is 4.89. The number of nitrogens with zero attached hydrogens (tertiary/aromatic N) is 3. The van der Waals surface area contributed by atoms with E-state index in [1.807, 2.05) is 18.2 Å². The molecule has 4 rings (SSSR count). The van der Waals surface area contributed by atoms with Crippen LogP contribution in [0.25, 0.3) is 0 Å². The molecule has 26 heavy (non-hydrogen) atoms. The summed E-state index contributed by atoms with van der Waals surface area (Å²) in [6, 6.07) is 5.80. The van der Waals surface area contributed by atoms with Crippen molar-refractivity contribution in [3.8, 4) is 0 Å². The highest BCUT2D eigenvalue weighted by atomic mass is 16.5. The van der Waals surface area contributed by atoms with Crippen LogP contribution in [0.3, 0.4) is 0 Å². The van der Waals surface area contributed by atoms with Crippen molar-refractivity contribution in [2.45, 2.75) is 12.0 Å². The molecule has 0 aliphatic carbocycles. The van der Waals surface area contributed by atoms with Gasteiger partial charge < -0.3 is 24.7 Å². The predicted molar refractivity (Wildman–Crippen MR) is 94.8 cm³/mol. The molecule has 2 aromatic rings. The minimum Gasteiger partial charge on any atom is -0.377 e. The van der Waals surface area contributed by atoms with Crippen molar-refractivity contribution in [1.29, 1.82) is 0 Å². The van der Waals surface area contributed by atoms with Gasteiger partial charge >= 0.3 is 0 Å². The highest BCUT2D eigenvalue weighted by molar-refractivity contribution is 5.92. The summed E-state index contributed by atoms with van der Waals surface area (Å²) in [6.07, 6.45) is 5.69. The largest absolute Gasteiger partial charge is 0.377 e. The van der Waals surface area contributed by atoms with Gasteiger partial charge in [-0.25, -0.2) is 9.97 Å². The fourth-order valence-corrected chi connectivity index (χ4v) is 3.62. The van der Waals surface area contributed by atoms with Crippen molar-refractivity contribution in [2.24, 2.45) is 5.92 Å². The molecule has 2 saturated heterocycles. The van der Waals surface area contributed by atoms with Gasteiger partial charge in [0.1, 0.15) is 17.1 Å². The lowest BCUT2D eigenvalue weighted by Gasteiger charge is -2.31. The maximum atomic E-state index is 12.7. The first kappa shape index (κ1) is 17.0. The van der Waals surface area contributed by atoms with E-state index in [9.17, 15) is 4.79 Å². The zero-order chi connectivity index (χ0) is 17.8. The summed E-state index contributed by atoms with van der Waals surface area (Å²) < 4.78 is 11.9. The van der Waals surface area contributed by atoms with E-state index in [1.54, 1.807) is 17.3 Å². The van der Waals surface area contributed by atoms with Crippen molar-refractivity contribution >= 4 is 11.7 Å². The highest BCUT2D eigenvalue weighted by Gasteiger charge is 2.44. The maximum absolute atomic E-state index is 12.7. The number of anilines is 1. The highest BCUT2D eigenvalue weighted by Crippen LogP contribution is 2.33. The van der Waals surface area contributed by atoms with Crippen molar-refractivity contribution in [1.82, 2.24) is 19.9 Å². The van der Waals surface area contributed by atoms with Crippen LogP contribution >= 0.6 is 0 Å². The van der Waals surface area contributed by atoms with Gasteiger partial charge in [0.05, 0.1) is 38.9 Å². The zero-order valence-electron chi connectivity index (χ0n) is 14.6. The van der Waals surface area contributed by atoms with Crippen LogP contribution in [0.15, 0.2) is 36.9 Å².